The molecule has 2 nitrogen and oxygen atoms in total. The largest absolute Gasteiger partial charge is 0.304 e. The van der Waals surface area contributed by atoms with Crippen LogP contribution in [0.25, 0.3) is 0 Å². The summed E-state index contributed by atoms with van der Waals surface area (Å²) in [4.78, 5) is 2.58. The van der Waals surface area contributed by atoms with Gasteiger partial charge >= 0.3 is 0 Å². The maximum atomic E-state index is 3.69. The van der Waals surface area contributed by atoms with Crippen LogP contribution in [-0.2, 0) is 0 Å². The third-order valence-electron chi connectivity index (χ3n) is 2.54. The summed E-state index contributed by atoms with van der Waals surface area (Å²) in [6.45, 7) is 17.3. The maximum absolute atomic E-state index is 3.69. The SMILES string of the molecule is CC(C)CN1CC(C)(C)NC(C)(C)C1. The third-order valence-corrected chi connectivity index (χ3v) is 2.54. The van der Waals surface area contributed by atoms with E-state index >= 15 is 0 Å². The fraction of sp³-hybridized carbons (Fsp3) is 1.00. The summed E-state index contributed by atoms with van der Waals surface area (Å²) in [5.74, 6) is 0.764. The van der Waals surface area contributed by atoms with Crippen molar-refractivity contribution in [3.8, 4) is 0 Å². The van der Waals surface area contributed by atoms with Crippen LogP contribution in [0.4, 0.5) is 0 Å². The lowest BCUT2D eigenvalue weighted by Crippen LogP contribution is -2.66. The quantitative estimate of drug-likeness (QED) is 0.731. The van der Waals surface area contributed by atoms with Gasteiger partial charge in [-0.3, -0.25) is 4.90 Å². The average Bonchev–Trinajstić information content (AvgIpc) is 1.74. The van der Waals surface area contributed by atoms with E-state index in [0.717, 1.165) is 19.0 Å². The van der Waals surface area contributed by atoms with E-state index in [1.807, 2.05) is 0 Å². The first kappa shape index (κ1) is 12.0. The van der Waals surface area contributed by atoms with Gasteiger partial charge in [0.1, 0.15) is 0 Å². The first-order valence-electron chi connectivity index (χ1n) is 5.72. The van der Waals surface area contributed by atoms with E-state index in [4.69, 9.17) is 0 Å². The number of piperazine rings is 1. The highest BCUT2D eigenvalue weighted by atomic mass is 15.3. The number of hydrogen-bond acceptors (Lipinski definition) is 2. The highest BCUT2D eigenvalue weighted by molar-refractivity contribution is 4.97. The van der Waals surface area contributed by atoms with E-state index in [1.54, 1.807) is 0 Å². The summed E-state index contributed by atoms with van der Waals surface area (Å²) < 4.78 is 0. The highest BCUT2D eigenvalue weighted by Gasteiger charge is 2.36. The Morgan fingerprint density at radius 2 is 1.50 bits per heavy atom. The molecule has 1 fully saturated rings. The monoisotopic (exact) mass is 198 g/mol. The Bertz CT molecular complexity index is 178. The number of hydrogen-bond donors (Lipinski definition) is 1. The molecule has 1 aliphatic rings. The van der Waals surface area contributed by atoms with Gasteiger partial charge in [-0.25, -0.2) is 0 Å². The molecule has 0 aromatic carbocycles. The van der Waals surface area contributed by atoms with Gasteiger partial charge in [-0.1, -0.05) is 13.8 Å². The van der Waals surface area contributed by atoms with Crippen molar-refractivity contribution in [2.45, 2.75) is 52.6 Å². The minimum Gasteiger partial charge on any atom is -0.304 e. The minimum atomic E-state index is 0.247. The van der Waals surface area contributed by atoms with E-state index in [1.165, 1.54) is 6.54 Å². The van der Waals surface area contributed by atoms with Crippen molar-refractivity contribution < 1.29 is 0 Å². The Morgan fingerprint density at radius 1 is 1.07 bits per heavy atom. The molecule has 0 aromatic heterocycles. The predicted molar refractivity (Wildman–Crippen MR) is 62.6 cm³/mol. The molecular weight excluding hydrogens is 172 g/mol. The second-order valence-electron chi connectivity index (χ2n) is 6.46. The van der Waals surface area contributed by atoms with E-state index in [2.05, 4.69) is 51.8 Å². The lowest BCUT2D eigenvalue weighted by Gasteiger charge is -2.48. The Kier molecular flexibility index (Phi) is 3.27. The molecule has 0 aromatic rings. The molecule has 0 saturated carbocycles. The summed E-state index contributed by atoms with van der Waals surface area (Å²) in [6, 6.07) is 0. The molecule has 1 heterocycles. The molecule has 0 aliphatic carbocycles. The van der Waals surface area contributed by atoms with Crippen molar-refractivity contribution in [2.24, 2.45) is 5.92 Å². The van der Waals surface area contributed by atoms with E-state index in [0.29, 0.717) is 0 Å². The lowest BCUT2D eigenvalue weighted by molar-refractivity contribution is 0.0699. The number of nitrogens with one attached hydrogen (secondary N) is 1. The summed E-state index contributed by atoms with van der Waals surface area (Å²) >= 11 is 0. The van der Waals surface area contributed by atoms with Crippen molar-refractivity contribution in [3.05, 3.63) is 0 Å². The van der Waals surface area contributed by atoms with Crippen LogP contribution in [0.5, 0.6) is 0 Å². The Balaban J connectivity index is 2.62. The van der Waals surface area contributed by atoms with Crippen LogP contribution in [0.15, 0.2) is 0 Å². The van der Waals surface area contributed by atoms with Crippen LogP contribution in [0.1, 0.15) is 41.5 Å². The van der Waals surface area contributed by atoms with Crippen LogP contribution >= 0.6 is 0 Å². The summed E-state index contributed by atoms with van der Waals surface area (Å²) in [5.41, 5.74) is 0.493. The third kappa shape index (κ3) is 3.58. The molecule has 0 unspecified atom stereocenters. The Morgan fingerprint density at radius 3 is 1.86 bits per heavy atom. The van der Waals surface area contributed by atoms with Gasteiger partial charge in [0.15, 0.2) is 0 Å². The molecule has 1 rings (SSSR count). The molecule has 0 bridgehead atoms. The molecule has 14 heavy (non-hydrogen) atoms. The zero-order valence-corrected chi connectivity index (χ0v) is 10.6. The fourth-order valence-corrected chi connectivity index (χ4v) is 2.81. The van der Waals surface area contributed by atoms with Crippen LogP contribution in [0.2, 0.25) is 0 Å². The van der Waals surface area contributed by atoms with Crippen molar-refractivity contribution in [1.82, 2.24) is 10.2 Å². The van der Waals surface area contributed by atoms with E-state index < -0.39 is 0 Å². The second kappa shape index (κ2) is 3.82. The Labute approximate surface area is 89.1 Å². The van der Waals surface area contributed by atoms with Gasteiger partial charge in [-0.2, -0.15) is 0 Å². The van der Waals surface area contributed by atoms with Crippen LogP contribution in [-0.4, -0.2) is 35.6 Å². The van der Waals surface area contributed by atoms with Gasteiger partial charge in [0, 0.05) is 30.7 Å². The summed E-state index contributed by atoms with van der Waals surface area (Å²) in [5, 5.41) is 3.69. The van der Waals surface area contributed by atoms with Gasteiger partial charge < -0.3 is 5.32 Å². The molecule has 0 amide bonds. The zero-order chi connectivity index (χ0) is 11.0. The van der Waals surface area contributed by atoms with Gasteiger partial charge in [0.2, 0.25) is 0 Å². The van der Waals surface area contributed by atoms with Crippen molar-refractivity contribution in [2.75, 3.05) is 19.6 Å². The molecule has 1 aliphatic heterocycles. The standard InChI is InChI=1S/C12H26N2/c1-10(2)7-14-8-11(3,4)13-12(5,6)9-14/h10,13H,7-9H2,1-6H3. The fourth-order valence-electron chi connectivity index (χ4n) is 2.81. The van der Waals surface area contributed by atoms with E-state index in [9.17, 15) is 0 Å². The normalized spacial score (nSPS) is 26.8. The zero-order valence-electron chi connectivity index (χ0n) is 10.6. The molecular formula is C12H26N2. The molecule has 0 spiro atoms. The van der Waals surface area contributed by atoms with Crippen molar-refractivity contribution in [3.63, 3.8) is 0 Å². The average molecular weight is 198 g/mol. The second-order valence-corrected chi connectivity index (χ2v) is 6.46. The first-order chi connectivity index (χ1) is 6.20. The maximum Gasteiger partial charge on any atom is 0.0257 e. The molecule has 84 valence electrons. The number of rotatable bonds is 2. The lowest BCUT2D eigenvalue weighted by atomic mass is 9.91. The molecule has 1 N–H and O–H groups in total. The smallest absolute Gasteiger partial charge is 0.0257 e. The van der Waals surface area contributed by atoms with Gasteiger partial charge in [0.25, 0.3) is 0 Å². The first-order valence-corrected chi connectivity index (χ1v) is 5.72. The number of nitrogens with zero attached hydrogens (tertiary/aromatic N) is 1. The molecule has 2 heteroatoms. The molecule has 1 saturated heterocycles. The predicted octanol–water partition coefficient (Wildman–Crippen LogP) is 2.10. The van der Waals surface area contributed by atoms with Crippen molar-refractivity contribution >= 4 is 0 Å². The van der Waals surface area contributed by atoms with Gasteiger partial charge in [0.05, 0.1) is 0 Å². The topological polar surface area (TPSA) is 15.3 Å². The van der Waals surface area contributed by atoms with Crippen LogP contribution in [0.3, 0.4) is 0 Å². The van der Waals surface area contributed by atoms with Gasteiger partial charge in [-0.15, -0.1) is 0 Å². The highest BCUT2D eigenvalue weighted by Crippen LogP contribution is 2.21. The van der Waals surface area contributed by atoms with Crippen molar-refractivity contribution in [1.29, 1.82) is 0 Å². The van der Waals surface area contributed by atoms with Gasteiger partial charge in [-0.05, 0) is 33.6 Å². The van der Waals surface area contributed by atoms with Crippen LogP contribution in [0, 0.1) is 5.92 Å². The summed E-state index contributed by atoms with van der Waals surface area (Å²) in [7, 11) is 0. The molecule has 0 atom stereocenters. The summed E-state index contributed by atoms with van der Waals surface area (Å²) in [6.07, 6.45) is 0. The van der Waals surface area contributed by atoms with E-state index in [-0.39, 0.29) is 11.1 Å². The van der Waals surface area contributed by atoms with Crippen LogP contribution < -0.4 is 5.32 Å². The Hall–Kier alpha value is -0.0800. The minimum absolute atomic E-state index is 0.247. The molecule has 0 radical (unpaired) electrons.